The average molecular weight is 302 g/mol. The monoisotopic (exact) mass is 302 g/mol. The fraction of sp³-hybridized carbons (Fsp3) is 0.688. The lowest BCUT2D eigenvalue weighted by atomic mass is 9.86. The van der Waals surface area contributed by atoms with E-state index in [1.165, 1.54) is 0 Å². The predicted octanol–water partition coefficient (Wildman–Crippen LogP) is 1.71. The highest BCUT2D eigenvalue weighted by Gasteiger charge is 2.44. The van der Waals surface area contributed by atoms with Crippen LogP contribution in [-0.4, -0.2) is 47.0 Å². The molecule has 1 amide bonds. The van der Waals surface area contributed by atoms with Gasteiger partial charge in [-0.1, -0.05) is 18.0 Å². The number of aromatic nitrogens is 1. The van der Waals surface area contributed by atoms with Crippen molar-refractivity contribution in [2.24, 2.45) is 5.41 Å². The number of nitriles is 1. The molecule has 1 aromatic heterocycles. The molecule has 2 heterocycles. The molecule has 0 atom stereocenters. The summed E-state index contributed by atoms with van der Waals surface area (Å²) in [5.74, 6) is 0.907. The van der Waals surface area contributed by atoms with Crippen molar-refractivity contribution in [2.45, 2.75) is 39.2 Å². The molecule has 2 aliphatic rings. The van der Waals surface area contributed by atoms with Crippen LogP contribution in [0.4, 0.5) is 0 Å². The Morgan fingerprint density at radius 2 is 2.05 bits per heavy atom. The van der Waals surface area contributed by atoms with E-state index in [0.29, 0.717) is 13.1 Å². The van der Waals surface area contributed by atoms with Crippen LogP contribution in [0.2, 0.25) is 0 Å². The number of hydrogen-bond acceptors (Lipinski definition) is 5. The maximum Gasteiger partial charge on any atom is 0.243 e. The van der Waals surface area contributed by atoms with E-state index < -0.39 is 5.41 Å². The molecule has 3 rings (SSSR count). The number of aryl methyl sites for hydroxylation is 1. The summed E-state index contributed by atoms with van der Waals surface area (Å²) in [7, 11) is 0. The minimum Gasteiger partial charge on any atom is -0.360 e. The molecule has 0 spiro atoms. The Balaban J connectivity index is 1.55. The molecule has 0 aromatic carbocycles. The second-order valence-corrected chi connectivity index (χ2v) is 6.40. The molecule has 0 unspecified atom stereocenters. The number of hydrogen-bond donors (Lipinski definition) is 0. The van der Waals surface area contributed by atoms with E-state index in [0.717, 1.165) is 56.8 Å². The lowest BCUT2D eigenvalue weighted by molar-refractivity contribution is -0.140. The molecule has 1 aromatic rings. The Morgan fingerprint density at radius 3 is 2.59 bits per heavy atom. The van der Waals surface area contributed by atoms with E-state index in [2.05, 4.69) is 16.1 Å². The van der Waals surface area contributed by atoms with Crippen LogP contribution in [0.1, 0.15) is 37.1 Å². The van der Waals surface area contributed by atoms with E-state index in [-0.39, 0.29) is 5.91 Å². The first kappa shape index (κ1) is 15.0. The molecule has 1 saturated heterocycles. The molecule has 0 bridgehead atoms. The van der Waals surface area contributed by atoms with Crippen LogP contribution in [0.3, 0.4) is 0 Å². The molecule has 2 fully saturated rings. The molecule has 22 heavy (non-hydrogen) atoms. The molecule has 1 aliphatic carbocycles. The van der Waals surface area contributed by atoms with Crippen molar-refractivity contribution in [2.75, 3.05) is 26.2 Å². The maximum absolute atomic E-state index is 12.7. The first-order chi connectivity index (χ1) is 10.6. The van der Waals surface area contributed by atoms with Gasteiger partial charge in [0.1, 0.15) is 5.41 Å². The molecule has 1 aliphatic heterocycles. The maximum atomic E-state index is 12.7. The highest BCUT2D eigenvalue weighted by atomic mass is 16.5. The van der Waals surface area contributed by atoms with Crippen LogP contribution in [0, 0.1) is 23.7 Å². The normalized spacial score (nSPS) is 21.7. The second kappa shape index (κ2) is 6.09. The molecule has 1 saturated carbocycles. The van der Waals surface area contributed by atoms with Gasteiger partial charge in [-0.2, -0.15) is 5.26 Å². The van der Waals surface area contributed by atoms with Gasteiger partial charge in [0, 0.05) is 32.2 Å². The Labute approximate surface area is 130 Å². The van der Waals surface area contributed by atoms with Gasteiger partial charge in [-0.25, -0.2) is 0 Å². The quantitative estimate of drug-likeness (QED) is 0.850. The van der Waals surface area contributed by atoms with E-state index in [4.69, 9.17) is 4.52 Å². The van der Waals surface area contributed by atoms with Crippen LogP contribution in [-0.2, 0) is 11.3 Å². The number of carbonyl (C=O) groups is 1. The van der Waals surface area contributed by atoms with Crippen LogP contribution in [0.15, 0.2) is 10.6 Å². The fourth-order valence-corrected chi connectivity index (χ4v) is 3.47. The zero-order valence-electron chi connectivity index (χ0n) is 13.0. The lowest BCUT2D eigenvalue weighted by Gasteiger charge is -2.37. The summed E-state index contributed by atoms with van der Waals surface area (Å²) in [5, 5.41) is 13.3. The van der Waals surface area contributed by atoms with Gasteiger partial charge in [-0.15, -0.1) is 0 Å². The van der Waals surface area contributed by atoms with E-state index in [1.54, 1.807) is 0 Å². The zero-order chi connectivity index (χ0) is 15.6. The van der Waals surface area contributed by atoms with Gasteiger partial charge in [0.2, 0.25) is 5.91 Å². The van der Waals surface area contributed by atoms with E-state index in [9.17, 15) is 10.1 Å². The number of carbonyl (C=O) groups excluding carboxylic acids is 1. The Morgan fingerprint density at radius 1 is 1.36 bits per heavy atom. The highest BCUT2D eigenvalue weighted by molar-refractivity contribution is 5.86. The Bertz CT molecular complexity index is 575. The van der Waals surface area contributed by atoms with E-state index in [1.807, 2.05) is 17.9 Å². The summed E-state index contributed by atoms with van der Waals surface area (Å²) in [6.45, 7) is 5.64. The molecular weight excluding hydrogens is 280 g/mol. The number of rotatable bonds is 3. The van der Waals surface area contributed by atoms with Gasteiger partial charge in [0.15, 0.2) is 5.76 Å². The van der Waals surface area contributed by atoms with Crippen LogP contribution in [0.25, 0.3) is 0 Å². The van der Waals surface area contributed by atoms with Gasteiger partial charge in [0.25, 0.3) is 0 Å². The van der Waals surface area contributed by atoms with Crippen molar-refractivity contribution in [1.29, 1.82) is 5.26 Å². The summed E-state index contributed by atoms with van der Waals surface area (Å²) < 4.78 is 5.24. The first-order valence-electron chi connectivity index (χ1n) is 7.98. The smallest absolute Gasteiger partial charge is 0.243 e. The van der Waals surface area contributed by atoms with Gasteiger partial charge in [-0.3, -0.25) is 9.69 Å². The topological polar surface area (TPSA) is 73.4 Å². The van der Waals surface area contributed by atoms with Crippen LogP contribution in [0.5, 0.6) is 0 Å². The zero-order valence-corrected chi connectivity index (χ0v) is 13.0. The second-order valence-electron chi connectivity index (χ2n) is 6.40. The summed E-state index contributed by atoms with van der Waals surface area (Å²) >= 11 is 0. The van der Waals surface area contributed by atoms with Crippen molar-refractivity contribution >= 4 is 5.91 Å². The van der Waals surface area contributed by atoms with Gasteiger partial charge in [0.05, 0.1) is 18.3 Å². The lowest BCUT2D eigenvalue weighted by Crippen LogP contribution is -2.52. The average Bonchev–Trinajstić information content (AvgIpc) is 3.17. The summed E-state index contributed by atoms with van der Waals surface area (Å²) in [4.78, 5) is 16.8. The minimum atomic E-state index is -0.746. The third-order valence-electron chi connectivity index (χ3n) is 4.80. The van der Waals surface area contributed by atoms with Crippen molar-refractivity contribution in [3.63, 3.8) is 0 Å². The number of amides is 1. The molecule has 0 radical (unpaired) electrons. The SMILES string of the molecule is Cc1cc(CN2CCN(C(=O)C3(C#N)CCCC3)CC2)on1. The Hall–Kier alpha value is -1.87. The van der Waals surface area contributed by atoms with Crippen molar-refractivity contribution < 1.29 is 9.32 Å². The largest absolute Gasteiger partial charge is 0.360 e. The summed E-state index contributed by atoms with van der Waals surface area (Å²) in [6, 6.07) is 4.25. The van der Waals surface area contributed by atoms with Crippen molar-refractivity contribution in [1.82, 2.24) is 15.0 Å². The summed E-state index contributed by atoms with van der Waals surface area (Å²) in [6.07, 6.45) is 3.42. The highest BCUT2D eigenvalue weighted by Crippen LogP contribution is 2.39. The minimum absolute atomic E-state index is 0.0441. The van der Waals surface area contributed by atoms with Crippen molar-refractivity contribution in [3.8, 4) is 6.07 Å². The van der Waals surface area contributed by atoms with Crippen LogP contribution < -0.4 is 0 Å². The summed E-state index contributed by atoms with van der Waals surface area (Å²) in [5.41, 5.74) is 0.144. The molecule has 6 nitrogen and oxygen atoms in total. The van der Waals surface area contributed by atoms with Gasteiger partial charge >= 0.3 is 0 Å². The molecule has 0 N–H and O–H groups in total. The third-order valence-corrected chi connectivity index (χ3v) is 4.80. The predicted molar refractivity (Wildman–Crippen MR) is 79.6 cm³/mol. The van der Waals surface area contributed by atoms with Gasteiger partial charge in [-0.05, 0) is 19.8 Å². The standard InChI is InChI=1S/C16H22N4O2/c1-13-10-14(22-18-13)11-19-6-8-20(9-7-19)15(21)16(12-17)4-2-3-5-16/h10H,2-9,11H2,1H3. The van der Waals surface area contributed by atoms with E-state index >= 15 is 0 Å². The fourth-order valence-electron chi connectivity index (χ4n) is 3.47. The third kappa shape index (κ3) is 2.86. The Kier molecular flexibility index (Phi) is 4.16. The van der Waals surface area contributed by atoms with Gasteiger partial charge < -0.3 is 9.42 Å². The molecular formula is C16H22N4O2. The van der Waals surface area contributed by atoms with Crippen molar-refractivity contribution in [3.05, 3.63) is 17.5 Å². The first-order valence-corrected chi connectivity index (χ1v) is 7.98. The number of nitrogens with zero attached hydrogens (tertiary/aromatic N) is 4. The number of piperazine rings is 1. The van der Waals surface area contributed by atoms with Crippen LogP contribution >= 0.6 is 0 Å². The molecule has 118 valence electrons. The molecule has 6 heteroatoms.